The third-order valence-corrected chi connectivity index (χ3v) is 4.77. The lowest BCUT2D eigenvalue weighted by Crippen LogP contribution is -2.48. The summed E-state index contributed by atoms with van der Waals surface area (Å²) in [6.45, 7) is 8.01. The van der Waals surface area contributed by atoms with Gasteiger partial charge in [0.1, 0.15) is 10.7 Å². The minimum absolute atomic E-state index is 0.100. The summed E-state index contributed by atoms with van der Waals surface area (Å²) in [7, 11) is 0. The van der Waals surface area contributed by atoms with Crippen molar-refractivity contribution in [2.75, 3.05) is 6.54 Å². The highest BCUT2D eigenvalue weighted by Crippen LogP contribution is 2.25. The lowest BCUT2D eigenvalue weighted by Gasteiger charge is -2.24. The molecule has 2 aromatic heterocycles. The van der Waals surface area contributed by atoms with E-state index in [4.69, 9.17) is 5.73 Å². The lowest BCUT2D eigenvalue weighted by atomic mass is 10.1. The van der Waals surface area contributed by atoms with Gasteiger partial charge in [0, 0.05) is 29.8 Å². The van der Waals surface area contributed by atoms with E-state index in [2.05, 4.69) is 15.3 Å². The predicted molar refractivity (Wildman–Crippen MR) is 89.3 cm³/mol. The topological polar surface area (TPSA) is 101 Å². The van der Waals surface area contributed by atoms with Gasteiger partial charge in [0.15, 0.2) is 0 Å². The van der Waals surface area contributed by atoms with Crippen LogP contribution in [0.4, 0.5) is 0 Å². The zero-order chi connectivity index (χ0) is 16.5. The van der Waals surface area contributed by atoms with Crippen LogP contribution in [0.1, 0.15) is 36.5 Å². The van der Waals surface area contributed by atoms with E-state index in [0.717, 1.165) is 15.3 Å². The van der Waals surface area contributed by atoms with E-state index in [1.807, 2.05) is 27.7 Å². The Labute approximate surface area is 133 Å². The van der Waals surface area contributed by atoms with Crippen LogP contribution in [-0.2, 0) is 11.2 Å². The molecule has 22 heavy (non-hydrogen) atoms. The molecule has 0 aliphatic carbocycles. The molecule has 1 amide bonds. The molecule has 6 nitrogen and oxygen atoms in total. The van der Waals surface area contributed by atoms with Crippen LogP contribution in [0.5, 0.6) is 0 Å². The standard InChI is InChI=1S/C15H22N4O2S/c1-8-9(2)22-14-12(8)13(21)17-10(18-14)5-6-11(20)19-15(3,4)7-16/h5-7,16H2,1-4H3,(H,19,20)(H,17,18,21). The number of carbonyl (C=O) groups excluding carboxylic acids is 1. The summed E-state index contributed by atoms with van der Waals surface area (Å²) in [5, 5.41) is 3.51. The number of nitrogens with two attached hydrogens (primary N) is 1. The van der Waals surface area contributed by atoms with Crippen molar-refractivity contribution >= 4 is 27.5 Å². The maximum atomic E-state index is 12.1. The molecular formula is C15H22N4O2S. The maximum absolute atomic E-state index is 12.1. The first-order chi connectivity index (χ1) is 10.2. The van der Waals surface area contributed by atoms with Crippen molar-refractivity contribution in [3.05, 3.63) is 26.6 Å². The van der Waals surface area contributed by atoms with Crippen LogP contribution < -0.4 is 16.6 Å². The van der Waals surface area contributed by atoms with Crippen molar-refractivity contribution in [3.8, 4) is 0 Å². The van der Waals surface area contributed by atoms with E-state index >= 15 is 0 Å². The summed E-state index contributed by atoms with van der Waals surface area (Å²) in [4.78, 5) is 33.1. The second-order valence-corrected chi connectivity index (χ2v) is 7.32. The van der Waals surface area contributed by atoms with Crippen LogP contribution in [0.2, 0.25) is 0 Å². The van der Waals surface area contributed by atoms with Crippen molar-refractivity contribution in [1.82, 2.24) is 15.3 Å². The number of hydrogen-bond acceptors (Lipinski definition) is 5. The molecule has 7 heteroatoms. The first-order valence-corrected chi connectivity index (χ1v) is 8.05. The molecule has 0 unspecified atom stereocenters. The molecule has 0 atom stereocenters. The summed E-state index contributed by atoms with van der Waals surface area (Å²) in [5.74, 6) is 0.441. The first kappa shape index (κ1) is 16.6. The van der Waals surface area contributed by atoms with Gasteiger partial charge in [-0.15, -0.1) is 11.3 Å². The number of hydrogen-bond donors (Lipinski definition) is 3. The summed E-state index contributed by atoms with van der Waals surface area (Å²) in [6, 6.07) is 0. The molecule has 2 aromatic rings. The third-order valence-electron chi connectivity index (χ3n) is 3.67. The number of nitrogens with zero attached hydrogens (tertiary/aromatic N) is 1. The number of fused-ring (bicyclic) bond motifs is 1. The summed E-state index contributed by atoms with van der Waals surface area (Å²) >= 11 is 1.51. The van der Waals surface area contributed by atoms with Crippen LogP contribution in [0, 0.1) is 13.8 Å². The maximum Gasteiger partial charge on any atom is 0.259 e. The molecule has 0 saturated heterocycles. The minimum Gasteiger partial charge on any atom is -0.350 e. The number of nitrogens with one attached hydrogen (secondary N) is 2. The average Bonchev–Trinajstić information content (AvgIpc) is 2.72. The Balaban J connectivity index is 2.13. The Morgan fingerprint density at radius 1 is 1.41 bits per heavy atom. The van der Waals surface area contributed by atoms with Crippen molar-refractivity contribution in [2.45, 2.75) is 46.1 Å². The number of aromatic amines is 1. The van der Waals surface area contributed by atoms with Gasteiger partial charge >= 0.3 is 0 Å². The van der Waals surface area contributed by atoms with Gasteiger partial charge in [0.2, 0.25) is 5.91 Å². The van der Waals surface area contributed by atoms with Gasteiger partial charge in [-0.1, -0.05) is 0 Å². The molecule has 0 aliphatic rings. The SMILES string of the molecule is Cc1sc2nc(CCC(=O)NC(C)(C)CN)[nH]c(=O)c2c1C. The Hall–Kier alpha value is -1.73. The molecule has 0 radical (unpaired) electrons. The Kier molecular flexibility index (Phi) is 4.67. The highest BCUT2D eigenvalue weighted by molar-refractivity contribution is 7.18. The first-order valence-electron chi connectivity index (χ1n) is 7.23. The molecule has 2 rings (SSSR count). The molecule has 0 bridgehead atoms. The minimum atomic E-state index is -0.427. The Morgan fingerprint density at radius 2 is 2.09 bits per heavy atom. The molecular weight excluding hydrogens is 300 g/mol. The normalized spacial score (nSPS) is 11.9. The van der Waals surface area contributed by atoms with Crippen molar-refractivity contribution in [2.24, 2.45) is 5.73 Å². The predicted octanol–water partition coefficient (Wildman–Crippen LogP) is 1.39. The van der Waals surface area contributed by atoms with E-state index in [9.17, 15) is 9.59 Å². The second kappa shape index (κ2) is 6.18. The van der Waals surface area contributed by atoms with Gasteiger partial charge in [0.05, 0.1) is 5.39 Å². The van der Waals surface area contributed by atoms with E-state index in [1.165, 1.54) is 11.3 Å². The Bertz CT molecular complexity index is 761. The molecule has 0 saturated carbocycles. The highest BCUT2D eigenvalue weighted by atomic mass is 32.1. The van der Waals surface area contributed by atoms with Gasteiger partial charge in [0.25, 0.3) is 5.56 Å². The van der Waals surface area contributed by atoms with Gasteiger partial charge in [-0.3, -0.25) is 9.59 Å². The molecule has 120 valence electrons. The fourth-order valence-corrected chi connectivity index (χ4v) is 3.19. The van der Waals surface area contributed by atoms with E-state index < -0.39 is 5.54 Å². The summed E-state index contributed by atoms with van der Waals surface area (Å²) < 4.78 is 0. The fourth-order valence-electron chi connectivity index (χ4n) is 2.14. The van der Waals surface area contributed by atoms with Crippen LogP contribution in [0.3, 0.4) is 0 Å². The van der Waals surface area contributed by atoms with E-state index in [0.29, 0.717) is 24.2 Å². The number of aromatic nitrogens is 2. The number of rotatable bonds is 5. The van der Waals surface area contributed by atoms with Crippen molar-refractivity contribution < 1.29 is 4.79 Å². The van der Waals surface area contributed by atoms with E-state index in [-0.39, 0.29) is 17.9 Å². The van der Waals surface area contributed by atoms with Gasteiger partial charge in [-0.25, -0.2) is 4.98 Å². The number of amides is 1. The fraction of sp³-hybridized carbons (Fsp3) is 0.533. The van der Waals surface area contributed by atoms with E-state index in [1.54, 1.807) is 0 Å². The number of aryl methyl sites for hydroxylation is 3. The average molecular weight is 322 g/mol. The van der Waals surface area contributed by atoms with Gasteiger partial charge in [-0.05, 0) is 33.3 Å². The summed E-state index contributed by atoms with van der Waals surface area (Å²) in [6.07, 6.45) is 0.662. The molecule has 0 aliphatic heterocycles. The molecule has 0 fully saturated rings. The van der Waals surface area contributed by atoms with Crippen molar-refractivity contribution in [1.29, 1.82) is 0 Å². The monoisotopic (exact) mass is 322 g/mol. The highest BCUT2D eigenvalue weighted by Gasteiger charge is 2.18. The number of carbonyl (C=O) groups is 1. The number of thiophene rings is 1. The summed E-state index contributed by atoms with van der Waals surface area (Å²) in [5.41, 5.74) is 6.00. The number of H-pyrrole nitrogens is 1. The van der Waals surface area contributed by atoms with Crippen LogP contribution >= 0.6 is 11.3 Å². The van der Waals surface area contributed by atoms with Crippen LogP contribution in [0.25, 0.3) is 10.2 Å². The smallest absolute Gasteiger partial charge is 0.259 e. The quantitative estimate of drug-likeness (QED) is 0.774. The van der Waals surface area contributed by atoms with Gasteiger partial charge < -0.3 is 16.0 Å². The lowest BCUT2D eigenvalue weighted by molar-refractivity contribution is -0.122. The molecule has 2 heterocycles. The third kappa shape index (κ3) is 3.53. The largest absolute Gasteiger partial charge is 0.350 e. The Morgan fingerprint density at radius 3 is 2.73 bits per heavy atom. The van der Waals surface area contributed by atoms with Crippen LogP contribution in [-0.4, -0.2) is 28.0 Å². The molecule has 0 aromatic carbocycles. The van der Waals surface area contributed by atoms with Crippen molar-refractivity contribution in [3.63, 3.8) is 0 Å². The molecule has 4 N–H and O–H groups in total. The van der Waals surface area contributed by atoms with Gasteiger partial charge in [-0.2, -0.15) is 0 Å². The van der Waals surface area contributed by atoms with Crippen LogP contribution in [0.15, 0.2) is 4.79 Å². The molecule has 0 spiro atoms. The zero-order valence-electron chi connectivity index (χ0n) is 13.4. The zero-order valence-corrected chi connectivity index (χ0v) is 14.2. The second-order valence-electron chi connectivity index (χ2n) is 6.11.